The summed E-state index contributed by atoms with van der Waals surface area (Å²) in [5, 5.41) is 9.39. The van der Waals surface area contributed by atoms with Crippen molar-refractivity contribution >= 4 is 5.78 Å². The minimum atomic E-state index is -0.406. The average molecular weight is 199 g/mol. The summed E-state index contributed by atoms with van der Waals surface area (Å²) in [4.78, 5) is 13.7. The van der Waals surface area contributed by atoms with Crippen LogP contribution in [-0.2, 0) is 4.79 Å². The van der Waals surface area contributed by atoms with Gasteiger partial charge in [0.25, 0.3) is 0 Å². The molecule has 0 saturated carbocycles. The molecular formula is C11H21NO2. The van der Waals surface area contributed by atoms with Gasteiger partial charge in [0.05, 0.1) is 5.54 Å². The first kappa shape index (κ1) is 11.7. The van der Waals surface area contributed by atoms with Gasteiger partial charge >= 0.3 is 0 Å². The van der Waals surface area contributed by atoms with Gasteiger partial charge in [0, 0.05) is 18.1 Å². The largest absolute Gasteiger partial charge is 0.396 e. The Hall–Kier alpha value is -0.410. The molecule has 1 rings (SSSR count). The molecule has 0 aliphatic carbocycles. The molecule has 3 heteroatoms. The third kappa shape index (κ3) is 1.39. The summed E-state index contributed by atoms with van der Waals surface area (Å²) in [5.74, 6) is 0.184. The van der Waals surface area contributed by atoms with Crippen LogP contribution in [0.1, 0.15) is 34.1 Å². The minimum Gasteiger partial charge on any atom is -0.396 e. The zero-order valence-electron chi connectivity index (χ0n) is 9.79. The first-order valence-electron chi connectivity index (χ1n) is 5.13. The Labute approximate surface area is 86.1 Å². The van der Waals surface area contributed by atoms with Crippen molar-refractivity contribution in [2.45, 2.75) is 45.7 Å². The zero-order chi connectivity index (χ0) is 11.1. The molecule has 0 aromatic rings. The second-order valence-electron chi connectivity index (χ2n) is 5.11. The molecule has 14 heavy (non-hydrogen) atoms. The Morgan fingerprint density at radius 2 is 2.07 bits per heavy atom. The zero-order valence-corrected chi connectivity index (χ0v) is 9.79. The topological polar surface area (TPSA) is 40.5 Å². The van der Waals surface area contributed by atoms with Gasteiger partial charge < -0.3 is 5.11 Å². The summed E-state index contributed by atoms with van der Waals surface area (Å²) in [6.45, 7) is 7.85. The number of carbonyl (C=O) groups excluding carboxylic acids is 1. The third-order valence-corrected chi connectivity index (χ3v) is 4.24. The van der Waals surface area contributed by atoms with E-state index in [1.165, 1.54) is 0 Å². The molecule has 3 nitrogen and oxygen atoms in total. The molecule has 3 atom stereocenters. The van der Waals surface area contributed by atoms with E-state index in [1.807, 2.05) is 20.9 Å². The predicted octanol–water partition coefficient (Wildman–Crippen LogP) is 1.06. The number of likely N-dealkylation sites (tertiary alicyclic amines) is 1. The molecule has 0 bridgehead atoms. The highest BCUT2D eigenvalue weighted by molar-refractivity contribution is 5.86. The molecule has 0 radical (unpaired) electrons. The first-order chi connectivity index (χ1) is 6.28. The van der Waals surface area contributed by atoms with E-state index in [4.69, 9.17) is 0 Å². The molecule has 1 aliphatic heterocycles. The van der Waals surface area contributed by atoms with Crippen LogP contribution in [0.3, 0.4) is 0 Å². The lowest BCUT2D eigenvalue weighted by Gasteiger charge is -2.32. The summed E-state index contributed by atoms with van der Waals surface area (Å²) in [7, 11) is 1.97. The normalized spacial score (nSPS) is 44.3. The van der Waals surface area contributed by atoms with Crippen LogP contribution in [0, 0.1) is 5.41 Å². The van der Waals surface area contributed by atoms with E-state index in [2.05, 4.69) is 11.8 Å². The molecule has 0 amide bonds. The third-order valence-electron chi connectivity index (χ3n) is 4.24. The van der Waals surface area contributed by atoms with Crippen LogP contribution in [-0.4, -0.2) is 41.0 Å². The molecule has 1 aliphatic rings. The van der Waals surface area contributed by atoms with E-state index in [0.717, 1.165) is 6.42 Å². The van der Waals surface area contributed by atoms with Crippen LogP contribution >= 0.6 is 0 Å². The fourth-order valence-electron chi connectivity index (χ4n) is 2.51. The monoisotopic (exact) mass is 199 g/mol. The molecule has 1 fully saturated rings. The van der Waals surface area contributed by atoms with Gasteiger partial charge in [-0.25, -0.2) is 0 Å². The molecule has 0 spiro atoms. The number of likely N-dealkylation sites (N-methyl/N-ethyl adjacent to an activating group) is 1. The molecule has 1 N–H and O–H groups in total. The fraction of sp³-hybridized carbons (Fsp3) is 0.909. The highest BCUT2D eigenvalue weighted by Crippen LogP contribution is 2.45. The SMILES string of the molecule is CC(=O)C1(C)CC(C)(CO)C(C)N1C. The first-order valence-corrected chi connectivity index (χ1v) is 5.13. The highest BCUT2D eigenvalue weighted by Gasteiger charge is 2.53. The standard InChI is InChI=1S/C11H21NO2/c1-8-10(3,7-13)6-11(4,9(2)14)12(8)5/h8,13H,6-7H2,1-5H3. The summed E-state index contributed by atoms with van der Waals surface area (Å²) in [6, 6.07) is 0.237. The van der Waals surface area contributed by atoms with Crippen molar-refractivity contribution in [3.05, 3.63) is 0 Å². The Kier molecular flexibility index (Phi) is 2.76. The molecule has 0 aromatic heterocycles. The number of rotatable bonds is 2. The maximum absolute atomic E-state index is 11.6. The van der Waals surface area contributed by atoms with E-state index >= 15 is 0 Å². The number of ketones is 1. The van der Waals surface area contributed by atoms with Gasteiger partial charge in [-0.2, -0.15) is 0 Å². The number of hydrogen-bond acceptors (Lipinski definition) is 3. The maximum atomic E-state index is 11.6. The van der Waals surface area contributed by atoms with Crippen LogP contribution in [0.4, 0.5) is 0 Å². The van der Waals surface area contributed by atoms with Gasteiger partial charge in [-0.1, -0.05) is 6.92 Å². The molecule has 0 aromatic carbocycles. The predicted molar refractivity (Wildman–Crippen MR) is 56.1 cm³/mol. The summed E-state index contributed by atoms with van der Waals surface area (Å²) >= 11 is 0. The number of aliphatic hydroxyl groups excluding tert-OH is 1. The van der Waals surface area contributed by atoms with Crippen molar-refractivity contribution < 1.29 is 9.90 Å². The van der Waals surface area contributed by atoms with Crippen molar-refractivity contribution in [1.29, 1.82) is 0 Å². The number of Topliss-reactive ketones (excluding diaryl/α,β-unsaturated/α-hetero) is 1. The molecule has 1 heterocycles. The lowest BCUT2D eigenvalue weighted by Crippen LogP contribution is -2.47. The highest BCUT2D eigenvalue weighted by atomic mass is 16.3. The second kappa shape index (κ2) is 3.31. The van der Waals surface area contributed by atoms with Crippen LogP contribution < -0.4 is 0 Å². The Morgan fingerprint density at radius 3 is 2.29 bits per heavy atom. The number of hydrogen-bond donors (Lipinski definition) is 1. The minimum absolute atomic E-state index is 0.140. The Morgan fingerprint density at radius 1 is 1.57 bits per heavy atom. The van der Waals surface area contributed by atoms with E-state index in [-0.39, 0.29) is 23.8 Å². The quantitative estimate of drug-likeness (QED) is 0.723. The summed E-state index contributed by atoms with van der Waals surface area (Å²) < 4.78 is 0. The van der Waals surface area contributed by atoms with E-state index in [1.54, 1.807) is 6.92 Å². The lowest BCUT2D eigenvalue weighted by molar-refractivity contribution is -0.126. The van der Waals surface area contributed by atoms with E-state index < -0.39 is 5.54 Å². The Balaban J connectivity index is 3.03. The molecule has 1 saturated heterocycles. The lowest BCUT2D eigenvalue weighted by atomic mass is 9.79. The second-order valence-corrected chi connectivity index (χ2v) is 5.11. The average Bonchev–Trinajstić information content (AvgIpc) is 2.30. The molecular weight excluding hydrogens is 178 g/mol. The van der Waals surface area contributed by atoms with Crippen molar-refractivity contribution in [1.82, 2.24) is 4.90 Å². The Bertz CT molecular complexity index is 254. The van der Waals surface area contributed by atoms with Gasteiger partial charge in [-0.3, -0.25) is 9.69 Å². The van der Waals surface area contributed by atoms with E-state index in [9.17, 15) is 9.90 Å². The summed E-state index contributed by atoms with van der Waals surface area (Å²) in [6.07, 6.45) is 0.740. The van der Waals surface area contributed by atoms with Gasteiger partial charge in [0.15, 0.2) is 0 Å². The smallest absolute Gasteiger partial charge is 0.149 e. The van der Waals surface area contributed by atoms with E-state index in [0.29, 0.717) is 0 Å². The van der Waals surface area contributed by atoms with Crippen LogP contribution in [0.15, 0.2) is 0 Å². The molecule has 82 valence electrons. The maximum Gasteiger partial charge on any atom is 0.149 e. The number of aliphatic hydroxyl groups is 1. The fourth-order valence-corrected chi connectivity index (χ4v) is 2.51. The van der Waals surface area contributed by atoms with Crippen LogP contribution in [0.2, 0.25) is 0 Å². The van der Waals surface area contributed by atoms with Gasteiger partial charge in [-0.15, -0.1) is 0 Å². The van der Waals surface area contributed by atoms with Crippen LogP contribution in [0.5, 0.6) is 0 Å². The van der Waals surface area contributed by atoms with Crippen molar-refractivity contribution in [3.8, 4) is 0 Å². The van der Waals surface area contributed by atoms with Gasteiger partial charge in [0.2, 0.25) is 0 Å². The van der Waals surface area contributed by atoms with Crippen molar-refractivity contribution in [2.75, 3.05) is 13.7 Å². The summed E-state index contributed by atoms with van der Waals surface area (Å²) in [5.41, 5.74) is -0.563. The molecule has 3 unspecified atom stereocenters. The van der Waals surface area contributed by atoms with Gasteiger partial charge in [-0.05, 0) is 34.2 Å². The van der Waals surface area contributed by atoms with Crippen molar-refractivity contribution in [2.24, 2.45) is 5.41 Å². The van der Waals surface area contributed by atoms with Crippen LogP contribution in [0.25, 0.3) is 0 Å². The van der Waals surface area contributed by atoms with Crippen molar-refractivity contribution in [3.63, 3.8) is 0 Å². The number of carbonyl (C=O) groups is 1. The number of nitrogens with zero attached hydrogens (tertiary/aromatic N) is 1. The van der Waals surface area contributed by atoms with Gasteiger partial charge in [0.1, 0.15) is 5.78 Å².